The molecule has 0 saturated carbocycles. The van der Waals surface area contributed by atoms with Gasteiger partial charge in [-0.25, -0.2) is 14.4 Å². The van der Waals surface area contributed by atoms with Crippen molar-refractivity contribution in [1.82, 2.24) is 15.0 Å². The lowest BCUT2D eigenvalue weighted by molar-refractivity contribution is 0.100. The molecule has 0 bridgehead atoms. The second-order valence-corrected chi connectivity index (χ2v) is 6.82. The van der Waals surface area contributed by atoms with Gasteiger partial charge in [0.15, 0.2) is 11.5 Å². The number of nitrogens with one attached hydrogen (secondary N) is 1. The predicted molar refractivity (Wildman–Crippen MR) is 113 cm³/mol. The summed E-state index contributed by atoms with van der Waals surface area (Å²) in [6.45, 7) is 3.10. The Kier molecular flexibility index (Phi) is 5.36. The number of hydrogen-bond donors (Lipinski definition) is 1. The summed E-state index contributed by atoms with van der Waals surface area (Å²) < 4.78 is 19.3. The molecule has 7 nitrogen and oxygen atoms in total. The van der Waals surface area contributed by atoms with Gasteiger partial charge in [-0.1, -0.05) is 12.1 Å². The summed E-state index contributed by atoms with van der Waals surface area (Å²) in [6, 6.07) is 14.2. The van der Waals surface area contributed by atoms with Gasteiger partial charge in [0.2, 0.25) is 0 Å². The van der Waals surface area contributed by atoms with Crippen LogP contribution in [0.5, 0.6) is 11.6 Å². The summed E-state index contributed by atoms with van der Waals surface area (Å²) in [5.74, 6) is -0.797. The second-order valence-electron chi connectivity index (χ2n) is 6.82. The number of hydrogen-bond acceptors (Lipinski definition) is 6. The zero-order valence-electron chi connectivity index (χ0n) is 16.7. The van der Waals surface area contributed by atoms with Gasteiger partial charge in [-0.2, -0.15) is 0 Å². The number of amides is 1. The fraction of sp³-hybridized carbons (Fsp3) is 0.0870. The van der Waals surface area contributed by atoms with Crippen LogP contribution in [0, 0.1) is 12.7 Å². The molecule has 0 saturated heterocycles. The molecule has 2 aromatic heterocycles. The largest absolute Gasteiger partial charge is 0.437 e. The van der Waals surface area contributed by atoms with Gasteiger partial charge in [0.05, 0.1) is 22.9 Å². The Balaban J connectivity index is 1.71. The van der Waals surface area contributed by atoms with Crippen molar-refractivity contribution in [2.75, 3.05) is 5.32 Å². The number of nitrogens with zero attached hydrogens (tertiary/aromatic N) is 3. The number of pyridine rings is 1. The molecule has 0 aliphatic carbocycles. The maximum Gasteiger partial charge on any atom is 0.279 e. The van der Waals surface area contributed by atoms with Gasteiger partial charge in [0.25, 0.3) is 11.8 Å². The molecule has 1 N–H and O–H groups in total. The second kappa shape index (κ2) is 8.27. The van der Waals surface area contributed by atoms with Crippen molar-refractivity contribution in [1.29, 1.82) is 0 Å². The van der Waals surface area contributed by atoms with Gasteiger partial charge in [0, 0.05) is 6.92 Å². The topological polar surface area (TPSA) is 94.1 Å². The number of rotatable bonds is 5. The van der Waals surface area contributed by atoms with Crippen LogP contribution in [0.2, 0.25) is 0 Å². The van der Waals surface area contributed by atoms with Crippen LogP contribution < -0.4 is 10.1 Å². The van der Waals surface area contributed by atoms with E-state index in [9.17, 15) is 14.0 Å². The molecule has 0 aliphatic rings. The number of benzene rings is 2. The standard InChI is InChI=1S/C23H17FN4O3/c1-13-11-15(24)7-10-20(13)31-23-21(27-18-5-3-4-6-19(18)28-23)22(30)26-16-8-9-17(14(2)29)25-12-16/h3-12H,1-2H3,(H,26,30). The molecule has 2 aromatic carbocycles. The van der Waals surface area contributed by atoms with Gasteiger partial charge in [-0.05, 0) is 55.0 Å². The quantitative estimate of drug-likeness (QED) is 0.473. The number of Topliss-reactive ketones (excluding diaryl/α,β-unsaturated/α-hetero) is 1. The molecule has 2 heterocycles. The van der Waals surface area contributed by atoms with Gasteiger partial charge in [0.1, 0.15) is 17.3 Å². The first-order chi connectivity index (χ1) is 14.9. The van der Waals surface area contributed by atoms with Gasteiger partial charge < -0.3 is 10.1 Å². The van der Waals surface area contributed by atoms with Crippen LogP contribution in [-0.4, -0.2) is 26.6 Å². The normalized spacial score (nSPS) is 10.7. The van der Waals surface area contributed by atoms with Crippen molar-refractivity contribution < 1.29 is 18.7 Å². The third kappa shape index (κ3) is 4.37. The van der Waals surface area contributed by atoms with Crippen LogP contribution in [0.25, 0.3) is 11.0 Å². The summed E-state index contributed by atoms with van der Waals surface area (Å²) in [7, 11) is 0. The number of ketones is 1. The van der Waals surface area contributed by atoms with E-state index < -0.39 is 11.7 Å². The highest BCUT2D eigenvalue weighted by Crippen LogP contribution is 2.28. The fourth-order valence-corrected chi connectivity index (χ4v) is 2.90. The van der Waals surface area contributed by atoms with Crippen molar-refractivity contribution in [3.63, 3.8) is 0 Å². The van der Waals surface area contributed by atoms with E-state index in [0.717, 1.165) is 0 Å². The first-order valence-electron chi connectivity index (χ1n) is 9.40. The number of carbonyl (C=O) groups excluding carboxylic acids is 2. The maximum absolute atomic E-state index is 13.4. The molecule has 1 amide bonds. The molecule has 0 aliphatic heterocycles. The molecule has 0 fully saturated rings. The zero-order chi connectivity index (χ0) is 22.0. The molecule has 4 rings (SSSR count). The van der Waals surface area contributed by atoms with Crippen molar-refractivity contribution in [2.24, 2.45) is 0 Å². The number of para-hydroxylation sites is 2. The van der Waals surface area contributed by atoms with Crippen molar-refractivity contribution in [2.45, 2.75) is 13.8 Å². The van der Waals surface area contributed by atoms with E-state index in [1.54, 1.807) is 37.3 Å². The number of aromatic nitrogens is 3. The first kappa shape index (κ1) is 20.1. The molecule has 8 heteroatoms. The minimum Gasteiger partial charge on any atom is -0.437 e. The molecular weight excluding hydrogens is 399 g/mol. The van der Waals surface area contributed by atoms with Crippen LogP contribution in [0.4, 0.5) is 10.1 Å². The highest BCUT2D eigenvalue weighted by Gasteiger charge is 2.20. The van der Waals surface area contributed by atoms with E-state index in [1.807, 2.05) is 0 Å². The maximum atomic E-state index is 13.4. The third-order valence-corrected chi connectivity index (χ3v) is 4.48. The Morgan fingerprint density at radius 1 is 1.00 bits per heavy atom. The average molecular weight is 416 g/mol. The lowest BCUT2D eigenvalue weighted by Crippen LogP contribution is -2.16. The Labute approximate surface area is 176 Å². The molecule has 154 valence electrons. The molecular formula is C23H17FN4O3. The van der Waals surface area contributed by atoms with Gasteiger partial charge in [-0.15, -0.1) is 0 Å². The molecule has 0 spiro atoms. The highest BCUT2D eigenvalue weighted by molar-refractivity contribution is 6.05. The third-order valence-electron chi connectivity index (χ3n) is 4.48. The number of carbonyl (C=O) groups is 2. The average Bonchev–Trinajstić information content (AvgIpc) is 2.75. The van der Waals surface area contributed by atoms with Crippen LogP contribution in [-0.2, 0) is 0 Å². The Bertz CT molecular complexity index is 1310. The zero-order valence-corrected chi connectivity index (χ0v) is 16.7. The highest BCUT2D eigenvalue weighted by atomic mass is 19.1. The summed E-state index contributed by atoms with van der Waals surface area (Å²) in [4.78, 5) is 37.2. The Morgan fingerprint density at radius 2 is 1.74 bits per heavy atom. The summed E-state index contributed by atoms with van der Waals surface area (Å²) in [6.07, 6.45) is 1.38. The number of fused-ring (bicyclic) bond motifs is 1. The Morgan fingerprint density at radius 3 is 2.39 bits per heavy atom. The summed E-state index contributed by atoms with van der Waals surface area (Å²) in [5, 5.41) is 2.68. The molecule has 31 heavy (non-hydrogen) atoms. The predicted octanol–water partition coefficient (Wildman–Crippen LogP) is 4.72. The van der Waals surface area contributed by atoms with E-state index in [4.69, 9.17) is 4.74 Å². The van der Waals surface area contributed by atoms with E-state index >= 15 is 0 Å². The van der Waals surface area contributed by atoms with Crippen molar-refractivity contribution >= 4 is 28.4 Å². The lowest BCUT2D eigenvalue weighted by atomic mass is 10.2. The Hall–Kier alpha value is -4.20. The first-order valence-corrected chi connectivity index (χ1v) is 9.40. The van der Waals surface area contributed by atoms with E-state index in [0.29, 0.717) is 33.7 Å². The van der Waals surface area contributed by atoms with E-state index in [-0.39, 0.29) is 17.4 Å². The number of ether oxygens (including phenoxy) is 1. The van der Waals surface area contributed by atoms with Crippen molar-refractivity contribution in [3.05, 3.63) is 83.6 Å². The molecule has 4 aromatic rings. The van der Waals surface area contributed by atoms with Crippen LogP contribution in [0.3, 0.4) is 0 Å². The lowest BCUT2D eigenvalue weighted by Gasteiger charge is -2.12. The fourth-order valence-electron chi connectivity index (χ4n) is 2.90. The van der Waals surface area contributed by atoms with E-state index in [2.05, 4.69) is 20.3 Å². The smallest absolute Gasteiger partial charge is 0.279 e. The van der Waals surface area contributed by atoms with Crippen molar-refractivity contribution in [3.8, 4) is 11.6 Å². The number of anilines is 1. The minimum atomic E-state index is -0.564. The van der Waals surface area contributed by atoms with Crippen LogP contribution in [0.1, 0.15) is 33.5 Å². The molecule has 0 radical (unpaired) electrons. The van der Waals surface area contributed by atoms with Gasteiger partial charge >= 0.3 is 0 Å². The van der Waals surface area contributed by atoms with Crippen LogP contribution in [0.15, 0.2) is 60.8 Å². The minimum absolute atomic E-state index is 0.0146. The summed E-state index contributed by atoms with van der Waals surface area (Å²) in [5.41, 5.74) is 2.23. The number of halogens is 1. The summed E-state index contributed by atoms with van der Waals surface area (Å²) >= 11 is 0. The monoisotopic (exact) mass is 416 g/mol. The van der Waals surface area contributed by atoms with E-state index in [1.165, 1.54) is 37.4 Å². The van der Waals surface area contributed by atoms with Gasteiger partial charge in [-0.3, -0.25) is 14.6 Å². The number of aryl methyl sites for hydroxylation is 1. The SMILES string of the molecule is CC(=O)c1ccc(NC(=O)c2nc3ccccc3nc2Oc2ccc(F)cc2C)cn1. The van der Waals surface area contributed by atoms with Crippen LogP contribution >= 0.6 is 0 Å². The molecule has 0 unspecified atom stereocenters. The molecule has 0 atom stereocenters.